The predicted octanol–water partition coefficient (Wildman–Crippen LogP) is 14.3. The van der Waals surface area contributed by atoms with E-state index < -0.39 is 49.5 Å². The number of rotatable bonds is 46. The standard InChI is InChI=1S/C64H103NO8/c1-3-5-7-9-11-13-15-17-19-20-21-22-23-24-25-26-27-28-29-30-31-32-33-34-35-36-37-38-40-42-44-46-48-50-52-54-60(68)65-57(56-72-64-63(71)62(70)61(69)59(55-66)73-64)58(67)53-51-49-47-45-43-41-39-18-16-14-12-10-8-6-4-2/h5,7,11,13,17,19,21-22,24-25,27-28,30-31,33-34,36-37,40,42-43,45,51,53,57-59,61-64,66-67,69-71H,3-4,6,8-10,12,14-16,18,20,23,26,29,32,35,38-39,41,44,46-50,52,54-56H2,1-2H3,(H,65,68)/b7-5-,13-11-,19-17-,22-21-,25-24-,28-27-,31-30-,34-33-,37-36-,42-40-,45-43+,53-51+. The van der Waals surface area contributed by atoms with E-state index in [0.29, 0.717) is 12.8 Å². The van der Waals surface area contributed by atoms with Crippen LogP contribution in [0.15, 0.2) is 146 Å². The number of aliphatic hydroxyl groups is 5. The molecule has 9 nitrogen and oxygen atoms in total. The van der Waals surface area contributed by atoms with Crippen LogP contribution in [0, 0.1) is 0 Å². The van der Waals surface area contributed by atoms with E-state index in [2.05, 4.69) is 153 Å². The zero-order chi connectivity index (χ0) is 52.9. The second kappa shape index (κ2) is 51.6. The van der Waals surface area contributed by atoms with Crippen LogP contribution in [0.5, 0.6) is 0 Å². The molecular formula is C64H103NO8. The Kier molecular flexibility index (Phi) is 47.4. The number of carbonyl (C=O) groups excluding carboxylic acids is 1. The average Bonchev–Trinajstić information content (AvgIpc) is 3.39. The summed E-state index contributed by atoms with van der Waals surface area (Å²) in [6, 6.07) is -0.846. The van der Waals surface area contributed by atoms with Crippen molar-refractivity contribution in [2.24, 2.45) is 0 Å². The fraction of sp³-hybridized carbons (Fsp3) is 0.609. The minimum atomic E-state index is -1.59. The summed E-state index contributed by atoms with van der Waals surface area (Å²) in [5.41, 5.74) is 0. The summed E-state index contributed by atoms with van der Waals surface area (Å²) < 4.78 is 11.2. The Morgan fingerprint density at radius 3 is 1.32 bits per heavy atom. The van der Waals surface area contributed by atoms with Gasteiger partial charge in [-0.15, -0.1) is 0 Å². The van der Waals surface area contributed by atoms with Crippen molar-refractivity contribution in [3.8, 4) is 0 Å². The van der Waals surface area contributed by atoms with Crippen LogP contribution in [0.25, 0.3) is 0 Å². The number of aliphatic hydroxyl groups excluding tert-OH is 5. The lowest BCUT2D eigenvalue weighted by molar-refractivity contribution is -0.302. The van der Waals surface area contributed by atoms with Gasteiger partial charge in [0.05, 0.1) is 25.4 Å². The minimum Gasteiger partial charge on any atom is -0.394 e. The summed E-state index contributed by atoms with van der Waals surface area (Å²) in [5.74, 6) is -0.218. The Bertz CT molecular complexity index is 1650. The highest BCUT2D eigenvalue weighted by Crippen LogP contribution is 2.22. The molecule has 7 unspecified atom stereocenters. The van der Waals surface area contributed by atoms with Crippen LogP contribution in [0.2, 0.25) is 0 Å². The third-order valence-electron chi connectivity index (χ3n) is 12.4. The summed E-state index contributed by atoms with van der Waals surface area (Å²) in [6.07, 6.45) is 73.3. The number of unbranched alkanes of at least 4 members (excludes halogenated alkanes) is 14. The van der Waals surface area contributed by atoms with Gasteiger partial charge >= 0.3 is 0 Å². The molecule has 1 heterocycles. The highest BCUT2D eigenvalue weighted by molar-refractivity contribution is 5.76. The topological polar surface area (TPSA) is 149 Å². The van der Waals surface area contributed by atoms with E-state index in [1.165, 1.54) is 57.8 Å². The van der Waals surface area contributed by atoms with E-state index in [1.807, 2.05) is 6.08 Å². The summed E-state index contributed by atoms with van der Waals surface area (Å²) in [7, 11) is 0. The molecule has 0 aliphatic carbocycles. The van der Waals surface area contributed by atoms with Crippen LogP contribution in [0.3, 0.4) is 0 Å². The average molecular weight is 1010 g/mol. The molecule has 412 valence electrons. The molecule has 0 saturated carbocycles. The largest absolute Gasteiger partial charge is 0.394 e. The van der Waals surface area contributed by atoms with Crippen LogP contribution < -0.4 is 5.32 Å². The molecule has 7 atom stereocenters. The van der Waals surface area contributed by atoms with Gasteiger partial charge < -0.3 is 40.3 Å². The second-order valence-electron chi connectivity index (χ2n) is 19.0. The van der Waals surface area contributed by atoms with Gasteiger partial charge in [-0.3, -0.25) is 4.79 Å². The molecule has 1 rings (SSSR count). The van der Waals surface area contributed by atoms with E-state index in [0.717, 1.165) is 109 Å². The Hall–Kier alpha value is -3.93. The molecular weight excluding hydrogens is 911 g/mol. The number of carbonyl (C=O) groups is 1. The highest BCUT2D eigenvalue weighted by Gasteiger charge is 2.44. The number of amides is 1. The van der Waals surface area contributed by atoms with Gasteiger partial charge in [0, 0.05) is 6.42 Å². The number of allylic oxidation sites excluding steroid dienone is 23. The smallest absolute Gasteiger partial charge is 0.220 e. The Balaban J connectivity index is 2.26. The van der Waals surface area contributed by atoms with Gasteiger partial charge in [0.1, 0.15) is 24.4 Å². The third-order valence-corrected chi connectivity index (χ3v) is 12.4. The van der Waals surface area contributed by atoms with Gasteiger partial charge in [-0.25, -0.2) is 0 Å². The molecule has 1 amide bonds. The molecule has 1 saturated heterocycles. The maximum absolute atomic E-state index is 13.0. The van der Waals surface area contributed by atoms with Crippen molar-refractivity contribution in [1.82, 2.24) is 5.32 Å². The van der Waals surface area contributed by atoms with Gasteiger partial charge in [-0.2, -0.15) is 0 Å². The number of hydrogen-bond acceptors (Lipinski definition) is 8. The van der Waals surface area contributed by atoms with Gasteiger partial charge in [-0.1, -0.05) is 224 Å². The molecule has 1 fully saturated rings. The first kappa shape index (κ1) is 67.1. The first-order valence-corrected chi connectivity index (χ1v) is 28.6. The van der Waals surface area contributed by atoms with Gasteiger partial charge in [-0.05, 0) is 109 Å². The van der Waals surface area contributed by atoms with Gasteiger partial charge in [0.2, 0.25) is 5.91 Å². The van der Waals surface area contributed by atoms with Crippen molar-refractivity contribution in [3.63, 3.8) is 0 Å². The number of ether oxygens (including phenoxy) is 2. The van der Waals surface area contributed by atoms with E-state index in [9.17, 15) is 30.3 Å². The molecule has 6 N–H and O–H groups in total. The summed E-state index contributed by atoms with van der Waals surface area (Å²) in [5, 5.41) is 54.4. The number of hydrogen-bond donors (Lipinski definition) is 6. The Morgan fingerprint density at radius 2 is 0.863 bits per heavy atom. The molecule has 9 heteroatoms. The highest BCUT2D eigenvalue weighted by atomic mass is 16.7. The molecule has 0 bridgehead atoms. The first-order valence-electron chi connectivity index (χ1n) is 28.6. The predicted molar refractivity (Wildman–Crippen MR) is 308 cm³/mol. The van der Waals surface area contributed by atoms with Crippen molar-refractivity contribution in [3.05, 3.63) is 146 Å². The lowest BCUT2D eigenvalue weighted by Crippen LogP contribution is -2.60. The van der Waals surface area contributed by atoms with Crippen LogP contribution in [-0.2, 0) is 14.3 Å². The summed E-state index contributed by atoms with van der Waals surface area (Å²) in [6.45, 7) is 3.61. The third kappa shape index (κ3) is 41.1. The first-order chi connectivity index (χ1) is 35.8. The Morgan fingerprint density at radius 1 is 0.479 bits per heavy atom. The van der Waals surface area contributed by atoms with E-state index in [4.69, 9.17) is 9.47 Å². The summed E-state index contributed by atoms with van der Waals surface area (Å²) >= 11 is 0. The normalized spacial score (nSPS) is 20.2. The molecule has 0 aromatic heterocycles. The molecule has 1 aliphatic heterocycles. The maximum atomic E-state index is 13.0. The molecule has 73 heavy (non-hydrogen) atoms. The molecule has 0 aromatic rings. The van der Waals surface area contributed by atoms with E-state index >= 15 is 0 Å². The summed E-state index contributed by atoms with van der Waals surface area (Å²) in [4.78, 5) is 13.0. The zero-order valence-electron chi connectivity index (χ0n) is 45.6. The van der Waals surface area contributed by atoms with E-state index in [1.54, 1.807) is 6.08 Å². The van der Waals surface area contributed by atoms with Crippen molar-refractivity contribution in [1.29, 1.82) is 0 Å². The van der Waals surface area contributed by atoms with Crippen molar-refractivity contribution >= 4 is 5.91 Å². The lowest BCUT2D eigenvalue weighted by Gasteiger charge is -2.40. The Labute approximate surface area is 444 Å². The maximum Gasteiger partial charge on any atom is 0.220 e. The molecule has 0 aromatic carbocycles. The van der Waals surface area contributed by atoms with Crippen LogP contribution in [-0.4, -0.2) is 87.5 Å². The van der Waals surface area contributed by atoms with Crippen molar-refractivity contribution in [2.45, 2.75) is 236 Å². The van der Waals surface area contributed by atoms with Crippen molar-refractivity contribution in [2.75, 3.05) is 13.2 Å². The lowest BCUT2D eigenvalue weighted by atomic mass is 9.99. The molecule has 1 aliphatic rings. The fourth-order valence-corrected chi connectivity index (χ4v) is 7.90. The number of nitrogens with one attached hydrogen (secondary N) is 1. The fourth-order valence-electron chi connectivity index (χ4n) is 7.90. The molecule has 0 radical (unpaired) electrons. The van der Waals surface area contributed by atoms with Gasteiger partial charge in [0.15, 0.2) is 6.29 Å². The van der Waals surface area contributed by atoms with Crippen LogP contribution in [0.1, 0.15) is 194 Å². The van der Waals surface area contributed by atoms with Crippen molar-refractivity contribution < 1.29 is 39.8 Å². The SMILES string of the molecule is CC/C=C\C/C=C\C/C=C\C/C=C\C/C=C\C/C=C\C/C=C\C/C=C\C/C=C\C/C=C\CCCCCCC(=O)NC(COC1OC(CO)C(O)C(O)C1O)C(O)/C=C/CC/C=C/CCCCCCCCCCC. The zero-order valence-corrected chi connectivity index (χ0v) is 45.6. The minimum absolute atomic E-state index is 0.218. The second-order valence-corrected chi connectivity index (χ2v) is 19.0. The van der Waals surface area contributed by atoms with Gasteiger partial charge in [0.25, 0.3) is 0 Å². The quantitative estimate of drug-likeness (QED) is 0.0261. The van der Waals surface area contributed by atoms with Crippen LogP contribution >= 0.6 is 0 Å². The monoisotopic (exact) mass is 1010 g/mol. The molecule has 0 spiro atoms. The van der Waals surface area contributed by atoms with Crippen LogP contribution in [0.4, 0.5) is 0 Å². The van der Waals surface area contributed by atoms with E-state index in [-0.39, 0.29) is 12.5 Å².